The van der Waals surface area contributed by atoms with Crippen molar-refractivity contribution < 1.29 is 8.42 Å². The Kier molecular flexibility index (Phi) is 8.08. The summed E-state index contributed by atoms with van der Waals surface area (Å²) in [5.74, 6) is 0. The molecule has 2 aromatic carbocycles. The fourth-order valence-corrected chi connectivity index (χ4v) is 4.45. The summed E-state index contributed by atoms with van der Waals surface area (Å²) >= 11 is 0. The van der Waals surface area contributed by atoms with Gasteiger partial charge in [-0.2, -0.15) is 0 Å². The quantitative estimate of drug-likeness (QED) is 0.680. The molecule has 0 bridgehead atoms. The Labute approximate surface area is 168 Å². The van der Waals surface area contributed by atoms with Gasteiger partial charge in [-0.15, -0.1) is 0 Å². The van der Waals surface area contributed by atoms with Crippen molar-refractivity contribution in [1.82, 2.24) is 10.3 Å². The normalized spacial score (nSPS) is 13.9. The second kappa shape index (κ2) is 10.3. The first kappa shape index (κ1) is 22.0. The van der Waals surface area contributed by atoms with Crippen molar-refractivity contribution in [3.05, 3.63) is 54.6 Å². The van der Waals surface area contributed by atoms with Crippen molar-refractivity contribution >= 4 is 26.4 Å². The third kappa shape index (κ3) is 4.56. The number of aromatic nitrogens is 1. The van der Waals surface area contributed by atoms with Gasteiger partial charge in [-0.1, -0.05) is 52.0 Å². The number of piperazine rings is 1. The topological polar surface area (TPSA) is 65.2 Å². The lowest BCUT2D eigenvalue weighted by Gasteiger charge is -2.30. The van der Waals surface area contributed by atoms with E-state index in [9.17, 15) is 8.42 Å². The smallest absolute Gasteiger partial charge is 0.221 e. The first-order valence-electron chi connectivity index (χ1n) is 10.0. The third-order valence-electron chi connectivity index (χ3n) is 4.42. The Morgan fingerprint density at radius 3 is 2.14 bits per heavy atom. The highest BCUT2D eigenvalue weighted by atomic mass is 32.2. The molecule has 1 aliphatic rings. The summed E-state index contributed by atoms with van der Waals surface area (Å²) in [6.45, 7) is 11.7. The molecule has 2 heterocycles. The van der Waals surface area contributed by atoms with Gasteiger partial charge in [0.2, 0.25) is 9.84 Å². The molecule has 6 heteroatoms. The van der Waals surface area contributed by atoms with Gasteiger partial charge in [0.15, 0.2) is 0 Å². The molecule has 0 radical (unpaired) electrons. The van der Waals surface area contributed by atoms with Crippen LogP contribution in [-0.4, -0.2) is 39.6 Å². The molecule has 0 unspecified atom stereocenters. The predicted molar refractivity (Wildman–Crippen MR) is 118 cm³/mol. The van der Waals surface area contributed by atoms with E-state index in [-0.39, 0.29) is 5.03 Å². The number of nitrogens with zero attached hydrogens (tertiary/aromatic N) is 1. The fraction of sp³-hybridized carbons (Fsp3) is 0.364. The second-order valence-electron chi connectivity index (χ2n) is 5.93. The maximum absolute atomic E-state index is 12.8. The van der Waals surface area contributed by atoms with Crippen LogP contribution < -0.4 is 10.2 Å². The fourth-order valence-electron chi connectivity index (χ4n) is 3.17. The molecule has 0 amide bonds. The number of fused-ring (bicyclic) bond motifs is 1. The number of rotatable bonds is 3. The molecule has 152 valence electrons. The highest BCUT2D eigenvalue weighted by molar-refractivity contribution is 7.91. The predicted octanol–water partition coefficient (Wildman–Crippen LogP) is 4.46. The highest BCUT2D eigenvalue weighted by Crippen LogP contribution is 2.31. The molecule has 0 saturated carbocycles. The van der Waals surface area contributed by atoms with Gasteiger partial charge in [0.05, 0.1) is 4.90 Å². The van der Waals surface area contributed by atoms with E-state index in [0.29, 0.717) is 4.90 Å². The lowest BCUT2D eigenvalue weighted by Crippen LogP contribution is -2.43. The lowest BCUT2D eigenvalue weighted by atomic mass is 10.2. The number of anilines is 1. The monoisotopic (exact) mass is 401 g/mol. The average Bonchev–Trinajstić information content (AvgIpc) is 3.23. The van der Waals surface area contributed by atoms with Gasteiger partial charge >= 0.3 is 0 Å². The van der Waals surface area contributed by atoms with Gasteiger partial charge in [-0.3, -0.25) is 0 Å². The van der Waals surface area contributed by atoms with E-state index < -0.39 is 9.84 Å². The maximum atomic E-state index is 12.8. The number of benzene rings is 2. The van der Waals surface area contributed by atoms with Crippen LogP contribution in [-0.2, 0) is 9.84 Å². The number of hydrogen-bond acceptors (Lipinski definition) is 4. The van der Waals surface area contributed by atoms with Gasteiger partial charge in [-0.25, -0.2) is 8.42 Å². The van der Waals surface area contributed by atoms with Crippen LogP contribution in [0.2, 0.25) is 0 Å². The molecule has 0 aliphatic carbocycles. The summed E-state index contributed by atoms with van der Waals surface area (Å²) in [5.41, 5.74) is 1.93. The Morgan fingerprint density at radius 1 is 0.857 bits per heavy atom. The first-order valence-corrected chi connectivity index (χ1v) is 11.5. The SMILES string of the molecule is CC.CC.O=S(=O)(c1ccccc1)c1cc2c(N3CCNCC3)cccc2[nH]1. The molecule has 2 N–H and O–H groups in total. The van der Waals surface area contributed by atoms with Gasteiger partial charge in [0.25, 0.3) is 0 Å². The number of aromatic amines is 1. The molecular weight excluding hydrogens is 370 g/mol. The van der Waals surface area contributed by atoms with Crippen molar-refractivity contribution in [2.75, 3.05) is 31.1 Å². The van der Waals surface area contributed by atoms with Crippen LogP contribution in [0.5, 0.6) is 0 Å². The largest absolute Gasteiger partial charge is 0.368 e. The van der Waals surface area contributed by atoms with Gasteiger partial charge < -0.3 is 15.2 Å². The van der Waals surface area contributed by atoms with Crippen LogP contribution in [0.4, 0.5) is 5.69 Å². The second-order valence-corrected chi connectivity index (χ2v) is 7.84. The van der Waals surface area contributed by atoms with Crippen LogP contribution in [0.15, 0.2) is 64.5 Å². The third-order valence-corrected chi connectivity index (χ3v) is 6.11. The van der Waals surface area contributed by atoms with E-state index in [2.05, 4.69) is 21.3 Å². The minimum Gasteiger partial charge on any atom is -0.368 e. The van der Waals surface area contributed by atoms with Crippen LogP contribution >= 0.6 is 0 Å². The zero-order chi connectivity index (χ0) is 20.6. The molecule has 1 saturated heterocycles. The van der Waals surface area contributed by atoms with Crippen molar-refractivity contribution in [2.45, 2.75) is 37.6 Å². The first-order chi connectivity index (χ1) is 13.7. The minimum atomic E-state index is -3.53. The molecule has 28 heavy (non-hydrogen) atoms. The summed E-state index contributed by atoms with van der Waals surface area (Å²) in [6.07, 6.45) is 0. The van der Waals surface area contributed by atoms with Crippen LogP contribution in [0.1, 0.15) is 27.7 Å². The summed E-state index contributed by atoms with van der Waals surface area (Å²) in [5, 5.41) is 4.53. The van der Waals surface area contributed by atoms with E-state index >= 15 is 0 Å². The number of hydrogen-bond donors (Lipinski definition) is 2. The van der Waals surface area contributed by atoms with Crippen molar-refractivity contribution in [2.24, 2.45) is 0 Å². The van der Waals surface area contributed by atoms with Crippen LogP contribution in [0.3, 0.4) is 0 Å². The zero-order valence-electron chi connectivity index (χ0n) is 17.2. The van der Waals surface area contributed by atoms with Crippen molar-refractivity contribution in [3.63, 3.8) is 0 Å². The Hall–Kier alpha value is -2.31. The Morgan fingerprint density at radius 2 is 1.50 bits per heavy atom. The molecule has 1 aromatic heterocycles. The molecule has 5 nitrogen and oxygen atoms in total. The molecular formula is C22H31N3O2S. The Bertz CT molecular complexity index is 960. The summed E-state index contributed by atoms with van der Waals surface area (Å²) in [6, 6.07) is 16.2. The molecule has 1 fully saturated rings. The zero-order valence-corrected chi connectivity index (χ0v) is 18.0. The molecule has 3 aromatic rings. The number of H-pyrrole nitrogens is 1. The average molecular weight is 402 g/mol. The lowest BCUT2D eigenvalue weighted by molar-refractivity contribution is 0.590. The number of sulfone groups is 1. The van der Waals surface area contributed by atoms with Gasteiger partial charge in [0, 0.05) is 42.8 Å². The number of nitrogens with one attached hydrogen (secondary N) is 2. The van der Waals surface area contributed by atoms with E-state index in [1.807, 2.05) is 45.9 Å². The summed E-state index contributed by atoms with van der Waals surface area (Å²) in [4.78, 5) is 5.69. The summed E-state index contributed by atoms with van der Waals surface area (Å²) in [7, 11) is -3.53. The van der Waals surface area contributed by atoms with E-state index in [0.717, 1.165) is 42.8 Å². The molecule has 0 spiro atoms. The van der Waals surface area contributed by atoms with E-state index in [4.69, 9.17) is 0 Å². The Balaban J connectivity index is 0.000000660. The molecule has 1 aliphatic heterocycles. The van der Waals surface area contributed by atoms with E-state index in [1.165, 1.54) is 0 Å². The molecule has 4 rings (SSSR count). The maximum Gasteiger partial charge on any atom is 0.221 e. The standard InChI is InChI=1S/C18H19N3O2S.2C2H6/c22-24(23,14-5-2-1-3-6-14)18-13-15-16(20-18)7-4-8-17(15)21-11-9-19-10-12-21;2*1-2/h1-8,13,19-20H,9-12H2;2*1-2H3. The van der Waals surface area contributed by atoms with Gasteiger partial charge in [-0.05, 0) is 30.3 Å². The van der Waals surface area contributed by atoms with Crippen LogP contribution in [0, 0.1) is 0 Å². The highest BCUT2D eigenvalue weighted by Gasteiger charge is 2.22. The van der Waals surface area contributed by atoms with Crippen LogP contribution in [0.25, 0.3) is 10.9 Å². The van der Waals surface area contributed by atoms with E-state index in [1.54, 1.807) is 30.3 Å². The van der Waals surface area contributed by atoms with Crippen molar-refractivity contribution in [1.29, 1.82) is 0 Å². The molecule has 0 atom stereocenters. The summed E-state index contributed by atoms with van der Waals surface area (Å²) < 4.78 is 25.7. The van der Waals surface area contributed by atoms with Crippen molar-refractivity contribution in [3.8, 4) is 0 Å². The minimum absolute atomic E-state index is 0.242. The van der Waals surface area contributed by atoms with Gasteiger partial charge in [0.1, 0.15) is 5.03 Å².